The third kappa shape index (κ3) is 4.76. The third-order valence-corrected chi connectivity index (χ3v) is 2.88. The molecule has 0 spiro atoms. The van der Waals surface area contributed by atoms with Crippen LogP contribution < -0.4 is 0 Å². The van der Waals surface area contributed by atoms with Crippen molar-refractivity contribution < 1.29 is 19.8 Å². The highest BCUT2D eigenvalue weighted by atomic mass is 32.1. The van der Waals surface area contributed by atoms with Crippen molar-refractivity contribution in [3.05, 3.63) is 0 Å². The molecule has 82 valence electrons. The van der Waals surface area contributed by atoms with Gasteiger partial charge in [-0.15, -0.1) is 0 Å². The van der Waals surface area contributed by atoms with Crippen molar-refractivity contribution in [2.24, 2.45) is 11.8 Å². The van der Waals surface area contributed by atoms with Gasteiger partial charge in [0, 0.05) is 11.5 Å². The number of hydrogen-bond acceptors (Lipinski definition) is 4. The fraction of sp³-hybridized carbons (Fsp3) is 0.750. The lowest BCUT2D eigenvalue weighted by Crippen LogP contribution is -2.20. The van der Waals surface area contributed by atoms with Gasteiger partial charge in [-0.25, -0.2) is 0 Å². The molecule has 0 amide bonds. The predicted octanol–water partition coefficient (Wildman–Crippen LogP) is 1.03. The van der Waals surface area contributed by atoms with Crippen molar-refractivity contribution in [3.8, 4) is 0 Å². The van der Waals surface area contributed by atoms with Gasteiger partial charge in [-0.1, -0.05) is 0 Å². The summed E-state index contributed by atoms with van der Waals surface area (Å²) in [5.41, 5.74) is 0. The molecule has 2 unspecified atom stereocenters. The molecular formula is C8H14O4S2. The van der Waals surface area contributed by atoms with Gasteiger partial charge >= 0.3 is 11.9 Å². The summed E-state index contributed by atoms with van der Waals surface area (Å²) in [7, 11) is 0. The highest BCUT2D eigenvalue weighted by Gasteiger charge is 2.21. The van der Waals surface area contributed by atoms with E-state index in [4.69, 9.17) is 10.2 Å². The molecule has 0 aliphatic rings. The number of aliphatic carboxylic acids is 2. The minimum Gasteiger partial charge on any atom is -0.481 e. The molecule has 0 aromatic rings. The fourth-order valence-corrected chi connectivity index (χ4v) is 1.67. The van der Waals surface area contributed by atoms with Gasteiger partial charge in [0.2, 0.25) is 0 Å². The smallest absolute Gasteiger partial charge is 0.307 e. The monoisotopic (exact) mass is 238 g/mol. The Morgan fingerprint density at radius 3 is 1.36 bits per heavy atom. The van der Waals surface area contributed by atoms with Gasteiger partial charge in [0.05, 0.1) is 11.8 Å². The maximum absolute atomic E-state index is 10.6. The van der Waals surface area contributed by atoms with Gasteiger partial charge < -0.3 is 10.2 Å². The van der Waals surface area contributed by atoms with Crippen molar-refractivity contribution in [3.63, 3.8) is 0 Å². The SMILES string of the molecule is O=C(O)C(CS)CCC(CS)C(=O)O. The van der Waals surface area contributed by atoms with Crippen LogP contribution in [0.4, 0.5) is 0 Å². The Hall–Kier alpha value is -0.360. The normalized spacial score (nSPS) is 14.7. The van der Waals surface area contributed by atoms with E-state index < -0.39 is 23.8 Å². The Kier molecular flexibility index (Phi) is 6.82. The third-order valence-electron chi connectivity index (χ3n) is 2.00. The number of thiol groups is 2. The van der Waals surface area contributed by atoms with Gasteiger partial charge in [-0.2, -0.15) is 25.3 Å². The van der Waals surface area contributed by atoms with Crippen LogP contribution in [0.3, 0.4) is 0 Å². The highest BCUT2D eigenvalue weighted by Crippen LogP contribution is 2.15. The predicted molar refractivity (Wildman–Crippen MR) is 59.2 cm³/mol. The lowest BCUT2D eigenvalue weighted by atomic mass is 9.98. The topological polar surface area (TPSA) is 74.6 Å². The van der Waals surface area contributed by atoms with Crippen LogP contribution in [0.1, 0.15) is 12.8 Å². The summed E-state index contributed by atoms with van der Waals surface area (Å²) < 4.78 is 0. The quantitative estimate of drug-likeness (QED) is 0.500. The van der Waals surface area contributed by atoms with E-state index in [2.05, 4.69) is 25.3 Å². The van der Waals surface area contributed by atoms with Crippen molar-refractivity contribution in [1.82, 2.24) is 0 Å². The Morgan fingerprint density at radius 1 is 0.929 bits per heavy atom. The van der Waals surface area contributed by atoms with Crippen molar-refractivity contribution in [1.29, 1.82) is 0 Å². The molecule has 14 heavy (non-hydrogen) atoms. The zero-order valence-corrected chi connectivity index (χ0v) is 9.38. The summed E-state index contributed by atoms with van der Waals surface area (Å²) in [5, 5.41) is 17.4. The zero-order valence-electron chi connectivity index (χ0n) is 7.59. The maximum Gasteiger partial charge on any atom is 0.307 e. The first-order chi connectivity index (χ1) is 6.52. The average molecular weight is 238 g/mol. The van der Waals surface area contributed by atoms with Gasteiger partial charge in [-0.05, 0) is 12.8 Å². The summed E-state index contributed by atoms with van der Waals surface area (Å²) in [6.07, 6.45) is 0.659. The van der Waals surface area contributed by atoms with Gasteiger partial charge in [-0.3, -0.25) is 9.59 Å². The van der Waals surface area contributed by atoms with E-state index in [1.807, 2.05) is 0 Å². The Labute approximate surface area is 93.5 Å². The van der Waals surface area contributed by atoms with Crippen molar-refractivity contribution in [2.75, 3.05) is 11.5 Å². The van der Waals surface area contributed by atoms with E-state index in [-0.39, 0.29) is 11.5 Å². The van der Waals surface area contributed by atoms with E-state index in [1.54, 1.807) is 0 Å². The van der Waals surface area contributed by atoms with Crippen LogP contribution in [0.2, 0.25) is 0 Å². The second-order valence-corrected chi connectivity index (χ2v) is 3.74. The van der Waals surface area contributed by atoms with Gasteiger partial charge in [0.15, 0.2) is 0 Å². The fourth-order valence-electron chi connectivity index (χ4n) is 0.988. The number of carboxylic acids is 2. The molecule has 0 rings (SSSR count). The Balaban J connectivity index is 4.00. The summed E-state index contributed by atoms with van der Waals surface area (Å²) in [6, 6.07) is 0. The Bertz CT molecular complexity index is 186. The molecule has 2 atom stereocenters. The summed E-state index contributed by atoms with van der Waals surface area (Å²) in [5.74, 6) is -2.53. The molecule has 4 nitrogen and oxygen atoms in total. The van der Waals surface area contributed by atoms with E-state index in [9.17, 15) is 9.59 Å². The lowest BCUT2D eigenvalue weighted by molar-refractivity contribution is -0.144. The molecule has 0 bridgehead atoms. The Morgan fingerprint density at radius 2 is 1.21 bits per heavy atom. The van der Waals surface area contributed by atoms with Crippen LogP contribution in [-0.4, -0.2) is 33.7 Å². The van der Waals surface area contributed by atoms with Crippen LogP contribution in [-0.2, 0) is 9.59 Å². The zero-order chi connectivity index (χ0) is 11.1. The molecule has 6 heteroatoms. The largest absolute Gasteiger partial charge is 0.481 e. The second-order valence-electron chi connectivity index (χ2n) is 3.01. The minimum absolute atomic E-state index is 0.230. The first-order valence-electron chi connectivity index (χ1n) is 4.20. The highest BCUT2D eigenvalue weighted by molar-refractivity contribution is 7.80. The molecular weight excluding hydrogens is 224 g/mol. The standard InChI is InChI=1S/C8H14O4S2/c9-7(10)5(3-13)1-2-6(4-14)8(11)12/h5-6,13-14H,1-4H2,(H,9,10)(H,11,12). The van der Waals surface area contributed by atoms with Crippen LogP contribution in [0.5, 0.6) is 0 Å². The van der Waals surface area contributed by atoms with Crippen molar-refractivity contribution in [2.45, 2.75) is 12.8 Å². The number of carboxylic acid groups (broad SMARTS) is 2. The van der Waals surface area contributed by atoms with Gasteiger partial charge in [0.1, 0.15) is 0 Å². The van der Waals surface area contributed by atoms with Crippen LogP contribution in [0.15, 0.2) is 0 Å². The molecule has 0 aromatic heterocycles. The van der Waals surface area contributed by atoms with E-state index in [0.29, 0.717) is 12.8 Å². The first-order valence-corrected chi connectivity index (χ1v) is 5.46. The van der Waals surface area contributed by atoms with E-state index >= 15 is 0 Å². The number of hydrogen-bond donors (Lipinski definition) is 4. The first kappa shape index (κ1) is 13.6. The molecule has 0 saturated carbocycles. The van der Waals surface area contributed by atoms with Crippen LogP contribution in [0, 0.1) is 11.8 Å². The van der Waals surface area contributed by atoms with Crippen LogP contribution >= 0.6 is 25.3 Å². The van der Waals surface area contributed by atoms with E-state index in [0.717, 1.165) is 0 Å². The maximum atomic E-state index is 10.6. The molecule has 0 aliphatic carbocycles. The summed E-state index contributed by atoms with van der Waals surface area (Å²) >= 11 is 7.78. The summed E-state index contributed by atoms with van der Waals surface area (Å²) in [6.45, 7) is 0. The molecule has 0 fully saturated rings. The average Bonchev–Trinajstić information content (AvgIpc) is 2.11. The molecule has 0 aromatic carbocycles. The molecule has 0 saturated heterocycles. The molecule has 2 N–H and O–H groups in total. The number of carbonyl (C=O) groups is 2. The van der Waals surface area contributed by atoms with Gasteiger partial charge in [0.25, 0.3) is 0 Å². The minimum atomic E-state index is -0.927. The second kappa shape index (κ2) is 7.00. The van der Waals surface area contributed by atoms with Crippen molar-refractivity contribution >= 4 is 37.2 Å². The summed E-state index contributed by atoms with van der Waals surface area (Å²) in [4.78, 5) is 21.2. The lowest BCUT2D eigenvalue weighted by Gasteiger charge is -2.12. The molecule has 0 radical (unpaired) electrons. The van der Waals surface area contributed by atoms with E-state index in [1.165, 1.54) is 0 Å². The molecule has 0 heterocycles. The molecule has 0 aliphatic heterocycles. The number of rotatable bonds is 7. The van der Waals surface area contributed by atoms with Crippen LogP contribution in [0.25, 0.3) is 0 Å².